The third-order valence-electron chi connectivity index (χ3n) is 2.90. The van der Waals surface area contributed by atoms with Gasteiger partial charge in [-0.25, -0.2) is 0 Å². The predicted molar refractivity (Wildman–Crippen MR) is 72.1 cm³/mol. The van der Waals surface area contributed by atoms with Gasteiger partial charge in [0.05, 0.1) is 22.6 Å². The highest BCUT2D eigenvalue weighted by molar-refractivity contribution is 6.42. The molecule has 1 fully saturated rings. The highest BCUT2D eigenvalue weighted by Crippen LogP contribution is 2.22. The molecule has 18 heavy (non-hydrogen) atoms. The van der Waals surface area contributed by atoms with Gasteiger partial charge < -0.3 is 10.1 Å². The van der Waals surface area contributed by atoms with Crippen LogP contribution in [0.25, 0.3) is 0 Å². The van der Waals surface area contributed by atoms with E-state index in [1.54, 1.807) is 18.2 Å². The number of amides is 1. The summed E-state index contributed by atoms with van der Waals surface area (Å²) in [4.78, 5) is 11.7. The normalized spacial score (nSPS) is 18.9. The number of ether oxygens (including phenoxy) is 1. The molecule has 1 amide bonds. The second-order valence-electron chi connectivity index (χ2n) is 4.36. The maximum Gasteiger partial charge on any atom is 0.224 e. The minimum absolute atomic E-state index is 0.0242. The molecule has 0 unspecified atom stereocenters. The molecule has 1 aliphatic heterocycles. The first-order chi connectivity index (χ1) is 8.65. The maximum atomic E-state index is 11.7. The second kappa shape index (κ2) is 6.41. The molecule has 0 bridgehead atoms. The molecule has 1 heterocycles. The molecule has 1 aromatic rings. The molecule has 0 aliphatic carbocycles. The minimum Gasteiger partial charge on any atom is -0.376 e. The third-order valence-corrected chi connectivity index (χ3v) is 3.64. The van der Waals surface area contributed by atoms with E-state index in [2.05, 4.69) is 5.32 Å². The van der Waals surface area contributed by atoms with Crippen LogP contribution in [0.1, 0.15) is 18.4 Å². The van der Waals surface area contributed by atoms with Gasteiger partial charge in [-0.2, -0.15) is 0 Å². The van der Waals surface area contributed by atoms with Crippen LogP contribution in [-0.4, -0.2) is 25.2 Å². The number of halogens is 2. The van der Waals surface area contributed by atoms with Gasteiger partial charge in [0.25, 0.3) is 0 Å². The first-order valence-corrected chi connectivity index (χ1v) is 6.73. The van der Waals surface area contributed by atoms with Crippen molar-refractivity contribution in [2.24, 2.45) is 0 Å². The number of hydrogen-bond donors (Lipinski definition) is 1. The summed E-state index contributed by atoms with van der Waals surface area (Å²) >= 11 is 11.7. The zero-order valence-corrected chi connectivity index (χ0v) is 11.4. The lowest BCUT2D eigenvalue weighted by molar-refractivity contribution is -0.120. The monoisotopic (exact) mass is 287 g/mol. The van der Waals surface area contributed by atoms with Gasteiger partial charge in [-0.3, -0.25) is 4.79 Å². The molecule has 0 saturated carbocycles. The van der Waals surface area contributed by atoms with Crippen molar-refractivity contribution in [3.63, 3.8) is 0 Å². The van der Waals surface area contributed by atoms with Crippen LogP contribution < -0.4 is 5.32 Å². The molecule has 0 spiro atoms. The Morgan fingerprint density at radius 3 is 2.89 bits per heavy atom. The van der Waals surface area contributed by atoms with Gasteiger partial charge in [0.1, 0.15) is 0 Å². The number of rotatable bonds is 4. The van der Waals surface area contributed by atoms with Crippen molar-refractivity contribution in [1.82, 2.24) is 5.32 Å². The fourth-order valence-electron chi connectivity index (χ4n) is 1.93. The molecule has 5 heteroatoms. The Morgan fingerprint density at radius 2 is 2.22 bits per heavy atom. The van der Waals surface area contributed by atoms with Crippen LogP contribution in [0.3, 0.4) is 0 Å². The largest absolute Gasteiger partial charge is 0.376 e. The maximum absolute atomic E-state index is 11.7. The van der Waals surface area contributed by atoms with Gasteiger partial charge in [-0.1, -0.05) is 29.3 Å². The molecule has 98 valence electrons. The van der Waals surface area contributed by atoms with E-state index < -0.39 is 0 Å². The van der Waals surface area contributed by atoms with E-state index in [1.165, 1.54) is 0 Å². The van der Waals surface area contributed by atoms with Crippen molar-refractivity contribution in [2.45, 2.75) is 25.4 Å². The topological polar surface area (TPSA) is 38.3 Å². The molecule has 1 N–H and O–H groups in total. The second-order valence-corrected chi connectivity index (χ2v) is 5.18. The summed E-state index contributed by atoms with van der Waals surface area (Å²) in [5.41, 5.74) is 0.856. The smallest absolute Gasteiger partial charge is 0.224 e. The third kappa shape index (κ3) is 3.87. The van der Waals surface area contributed by atoms with Crippen LogP contribution in [0, 0.1) is 0 Å². The Bertz CT molecular complexity index is 431. The molecule has 2 rings (SSSR count). The van der Waals surface area contributed by atoms with E-state index >= 15 is 0 Å². The lowest BCUT2D eigenvalue weighted by Crippen LogP contribution is -2.32. The van der Waals surface area contributed by atoms with Gasteiger partial charge in [0.15, 0.2) is 0 Å². The molecular weight excluding hydrogens is 273 g/mol. The molecule has 1 atom stereocenters. The molecular formula is C13H15Cl2NO2. The zero-order valence-electron chi connectivity index (χ0n) is 9.92. The summed E-state index contributed by atoms with van der Waals surface area (Å²) < 4.78 is 5.44. The summed E-state index contributed by atoms with van der Waals surface area (Å²) in [6, 6.07) is 5.22. The molecule has 1 saturated heterocycles. The van der Waals surface area contributed by atoms with Crippen molar-refractivity contribution in [3.8, 4) is 0 Å². The Balaban J connectivity index is 1.80. The fourth-order valence-corrected chi connectivity index (χ4v) is 2.25. The Kier molecular flexibility index (Phi) is 4.87. The molecule has 0 aromatic heterocycles. The zero-order chi connectivity index (χ0) is 13.0. The van der Waals surface area contributed by atoms with Crippen molar-refractivity contribution < 1.29 is 9.53 Å². The number of benzene rings is 1. The van der Waals surface area contributed by atoms with E-state index in [4.69, 9.17) is 27.9 Å². The van der Waals surface area contributed by atoms with Gasteiger partial charge in [0, 0.05) is 13.2 Å². The summed E-state index contributed by atoms with van der Waals surface area (Å²) in [6.45, 7) is 1.38. The highest BCUT2D eigenvalue weighted by atomic mass is 35.5. The Morgan fingerprint density at radius 1 is 1.39 bits per heavy atom. The lowest BCUT2D eigenvalue weighted by Gasteiger charge is -2.10. The van der Waals surface area contributed by atoms with Crippen molar-refractivity contribution in [2.75, 3.05) is 13.2 Å². The minimum atomic E-state index is -0.0242. The fraction of sp³-hybridized carbons (Fsp3) is 0.462. The molecule has 3 nitrogen and oxygen atoms in total. The van der Waals surface area contributed by atoms with E-state index in [0.29, 0.717) is 23.0 Å². The van der Waals surface area contributed by atoms with E-state index in [0.717, 1.165) is 25.0 Å². The summed E-state index contributed by atoms with van der Waals surface area (Å²) in [6.07, 6.45) is 2.58. The molecule has 1 aromatic carbocycles. The number of hydrogen-bond acceptors (Lipinski definition) is 2. The lowest BCUT2D eigenvalue weighted by atomic mass is 10.1. The van der Waals surface area contributed by atoms with Gasteiger partial charge >= 0.3 is 0 Å². The van der Waals surface area contributed by atoms with Crippen molar-refractivity contribution in [3.05, 3.63) is 33.8 Å². The van der Waals surface area contributed by atoms with Crippen LogP contribution in [0.5, 0.6) is 0 Å². The van der Waals surface area contributed by atoms with E-state index in [1.807, 2.05) is 0 Å². The van der Waals surface area contributed by atoms with Crippen LogP contribution in [-0.2, 0) is 16.0 Å². The van der Waals surface area contributed by atoms with Gasteiger partial charge in [0.2, 0.25) is 5.91 Å². The number of carbonyl (C=O) groups is 1. The van der Waals surface area contributed by atoms with Crippen molar-refractivity contribution >= 4 is 29.1 Å². The van der Waals surface area contributed by atoms with Crippen molar-refractivity contribution in [1.29, 1.82) is 0 Å². The summed E-state index contributed by atoms with van der Waals surface area (Å²) in [5, 5.41) is 3.84. The number of carbonyl (C=O) groups excluding carboxylic acids is 1. The van der Waals surface area contributed by atoms with Gasteiger partial charge in [-0.15, -0.1) is 0 Å². The van der Waals surface area contributed by atoms with Crippen LogP contribution in [0.4, 0.5) is 0 Å². The van der Waals surface area contributed by atoms with Crippen LogP contribution >= 0.6 is 23.2 Å². The Labute approximate surface area is 116 Å². The average Bonchev–Trinajstić information content (AvgIpc) is 2.84. The molecule has 1 aliphatic rings. The van der Waals surface area contributed by atoms with Crippen LogP contribution in [0.15, 0.2) is 18.2 Å². The van der Waals surface area contributed by atoms with Gasteiger partial charge in [-0.05, 0) is 30.5 Å². The highest BCUT2D eigenvalue weighted by Gasteiger charge is 2.16. The summed E-state index contributed by atoms with van der Waals surface area (Å²) in [7, 11) is 0. The molecule has 0 radical (unpaired) electrons. The van der Waals surface area contributed by atoms with E-state index in [9.17, 15) is 4.79 Å². The SMILES string of the molecule is O=C(Cc1ccc(Cl)c(Cl)c1)NC[C@@H]1CCCO1. The van der Waals surface area contributed by atoms with E-state index in [-0.39, 0.29) is 12.0 Å². The standard InChI is InChI=1S/C13H15Cl2NO2/c14-11-4-3-9(6-12(11)15)7-13(17)16-8-10-2-1-5-18-10/h3-4,6,10H,1-2,5,7-8H2,(H,16,17)/t10-/m0/s1. The number of nitrogens with one attached hydrogen (secondary N) is 1. The first kappa shape index (κ1) is 13.7. The van der Waals surface area contributed by atoms with Crippen LogP contribution in [0.2, 0.25) is 10.0 Å². The predicted octanol–water partition coefficient (Wildman–Crippen LogP) is 2.83. The Hall–Kier alpha value is -0.770. The summed E-state index contributed by atoms with van der Waals surface area (Å²) in [5.74, 6) is -0.0242. The first-order valence-electron chi connectivity index (χ1n) is 5.97. The average molecular weight is 288 g/mol. The quantitative estimate of drug-likeness (QED) is 0.925.